The van der Waals surface area contributed by atoms with Gasteiger partial charge in [0.05, 0.1) is 22.9 Å². The number of rotatable bonds is 7. The first kappa shape index (κ1) is 23.6. The Morgan fingerprint density at radius 1 is 0.882 bits per heavy atom. The summed E-state index contributed by atoms with van der Waals surface area (Å²) >= 11 is 0. The van der Waals surface area contributed by atoms with Gasteiger partial charge >= 0.3 is 0 Å². The van der Waals surface area contributed by atoms with Gasteiger partial charge in [-0.2, -0.15) is 0 Å². The molecule has 1 heterocycles. The summed E-state index contributed by atoms with van der Waals surface area (Å²) < 4.78 is 32.9. The Kier molecular flexibility index (Phi) is 7.07. The van der Waals surface area contributed by atoms with Crippen molar-refractivity contribution in [1.29, 1.82) is 0 Å². The number of para-hydroxylation sites is 3. The monoisotopic (exact) mass is 479 g/mol. The summed E-state index contributed by atoms with van der Waals surface area (Å²) in [6.45, 7) is 5.12. The molecule has 0 aromatic heterocycles. The van der Waals surface area contributed by atoms with Crippen LogP contribution in [0.4, 0.5) is 11.4 Å². The molecule has 0 aliphatic carbocycles. The van der Waals surface area contributed by atoms with Crippen LogP contribution in [0.2, 0.25) is 0 Å². The van der Waals surface area contributed by atoms with Crippen LogP contribution in [0.5, 0.6) is 5.75 Å². The fraction of sp³-hybridized carbons (Fsp3) is 0.269. The summed E-state index contributed by atoms with van der Waals surface area (Å²) in [5.74, 6) is 0.750. The fourth-order valence-electron chi connectivity index (χ4n) is 4.03. The van der Waals surface area contributed by atoms with Crippen LogP contribution in [-0.4, -0.2) is 59.1 Å². The summed E-state index contributed by atoms with van der Waals surface area (Å²) in [5.41, 5.74) is 2.09. The van der Waals surface area contributed by atoms with Gasteiger partial charge in [0.2, 0.25) is 0 Å². The Bertz CT molecular complexity index is 1220. The number of sulfonamides is 1. The lowest BCUT2D eigenvalue weighted by atomic mass is 10.1. The van der Waals surface area contributed by atoms with Crippen molar-refractivity contribution in [2.75, 3.05) is 49.0 Å². The van der Waals surface area contributed by atoms with E-state index < -0.39 is 10.0 Å². The predicted octanol–water partition coefficient (Wildman–Crippen LogP) is 3.87. The van der Waals surface area contributed by atoms with Gasteiger partial charge in [0, 0.05) is 38.8 Å². The number of amides is 1. The van der Waals surface area contributed by atoms with Crippen molar-refractivity contribution in [3.8, 4) is 5.75 Å². The van der Waals surface area contributed by atoms with E-state index in [9.17, 15) is 13.2 Å². The molecule has 3 aromatic rings. The van der Waals surface area contributed by atoms with E-state index in [2.05, 4.69) is 4.90 Å². The lowest BCUT2D eigenvalue weighted by Gasteiger charge is -2.36. The predicted molar refractivity (Wildman–Crippen MR) is 134 cm³/mol. The number of anilines is 2. The Hall–Kier alpha value is -3.52. The number of piperazine rings is 1. The third-order valence-electron chi connectivity index (χ3n) is 5.95. The molecule has 1 fully saturated rings. The highest BCUT2D eigenvalue weighted by molar-refractivity contribution is 7.92. The van der Waals surface area contributed by atoms with Gasteiger partial charge in [-0.15, -0.1) is 0 Å². The average molecular weight is 480 g/mol. The third kappa shape index (κ3) is 4.87. The molecule has 3 aromatic carbocycles. The molecule has 1 amide bonds. The molecule has 8 heteroatoms. The van der Waals surface area contributed by atoms with Gasteiger partial charge in [0.1, 0.15) is 5.75 Å². The number of carbonyl (C=O) groups is 1. The fourth-order valence-corrected chi connectivity index (χ4v) is 5.23. The minimum absolute atomic E-state index is 0.0990. The Labute approximate surface area is 201 Å². The Morgan fingerprint density at radius 2 is 1.50 bits per heavy atom. The molecule has 4 rings (SSSR count). The summed E-state index contributed by atoms with van der Waals surface area (Å²) in [7, 11) is -2.20. The van der Waals surface area contributed by atoms with Gasteiger partial charge in [-0.25, -0.2) is 8.42 Å². The molecule has 0 saturated carbocycles. The van der Waals surface area contributed by atoms with E-state index in [0.29, 0.717) is 44.0 Å². The summed E-state index contributed by atoms with van der Waals surface area (Å²) in [4.78, 5) is 17.2. The number of carbonyl (C=O) groups excluding carboxylic acids is 1. The smallest absolute Gasteiger partial charge is 0.264 e. The largest absolute Gasteiger partial charge is 0.492 e. The Morgan fingerprint density at radius 3 is 2.15 bits per heavy atom. The van der Waals surface area contributed by atoms with Crippen molar-refractivity contribution in [2.24, 2.45) is 0 Å². The van der Waals surface area contributed by atoms with Crippen molar-refractivity contribution in [3.63, 3.8) is 0 Å². The Balaban J connectivity index is 1.42. The van der Waals surface area contributed by atoms with Crippen molar-refractivity contribution < 1.29 is 17.9 Å². The number of hydrogen-bond donors (Lipinski definition) is 0. The molecule has 0 N–H and O–H groups in total. The molecule has 178 valence electrons. The highest BCUT2D eigenvalue weighted by atomic mass is 32.2. The minimum Gasteiger partial charge on any atom is -0.492 e. The molecule has 0 spiro atoms. The topological polar surface area (TPSA) is 70.2 Å². The normalized spacial score (nSPS) is 14.1. The van der Waals surface area contributed by atoms with Gasteiger partial charge in [0.15, 0.2) is 0 Å². The zero-order valence-corrected chi connectivity index (χ0v) is 20.2. The van der Waals surface area contributed by atoms with E-state index in [1.807, 2.05) is 37.3 Å². The van der Waals surface area contributed by atoms with Crippen molar-refractivity contribution >= 4 is 27.3 Å². The molecule has 0 atom stereocenters. The SMILES string of the molecule is CCOc1ccccc1N1CCN(C(=O)c2ccc(S(=O)(=O)N(C)c3ccccc3)cc2)CC1. The minimum atomic E-state index is -3.72. The van der Waals surface area contributed by atoms with E-state index in [1.54, 1.807) is 41.3 Å². The van der Waals surface area contributed by atoms with E-state index in [4.69, 9.17) is 4.74 Å². The van der Waals surface area contributed by atoms with E-state index >= 15 is 0 Å². The number of benzene rings is 3. The first-order chi connectivity index (χ1) is 16.4. The van der Waals surface area contributed by atoms with Gasteiger partial charge in [-0.3, -0.25) is 9.10 Å². The van der Waals surface area contributed by atoms with E-state index in [1.165, 1.54) is 23.5 Å². The van der Waals surface area contributed by atoms with Crippen LogP contribution in [0.15, 0.2) is 83.8 Å². The molecular formula is C26H29N3O4S. The average Bonchev–Trinajstić information content (AvgIpc) is 2.89. The van der Waals surface area contributed by atoms with Crippen molar-refractivity contribution in [2.45, 2.75) is 11.8 Å². The maximum atomic E-state index is 13.1. The van der Waals surface area contributed by atoms with E-state index in [-0.39, 0.29) is 10.8 Å². The van der Waals surface area contributed by atoms with Crippen LogP contribution in [0.3, 0.4) is 0 Å². The maximum absolute atomic E-state index is 13.1. The molecule has 34 heavy (non-hydrogen) atoms. The second kappa shape index (κ2) is 10.2. The molecule has 1 aliphatic heterocycles. The lowest BCUT2D eigenvalue weighted by molar-refractivity contribution is 0.0746. The second-order valence-corrected chi connectivity index (χ2v) is 9.98. The van der Waals surface area contributed by atoms with Gasteiger partial charge in [-0.1, -0.05) is 30.3 Å². The zero-order valence-electron chi connectivity index (χ0n) is 19.4. The lowest BCUT2D eigenvalue weighted by Crippen LogP contribution is -2.48. The number of hydrogen-bond acceptors (Lipinski definition) is 5. The molecular weight excluding hydrogens is 450 g/mol. The molecule has 0 unspecified atom stereocenters. The summed E-state index contributed by atoms with van der Waals surface area (Å²) in [6, 6.07) is 23.0. The van der Waals surface area contributed by atoms with Crippen molar-refractivity contribution in [3.05, 3.63) is 84.4 Å². The summed E-state index contributed by atoms with van der Waals surface area (Å²) in [5, 5.41) is 0. The van der Waals surface area contributed by atoms with Gasteiger partial charge in [0.25, 0.3) is 15.9 Å². The van der Waals surface area contributed by atoms with Crippen LogP contribution in [-0.2, 0) is 10.0 Å². The van der Waals surface area contributed by atoms with Crippen LogP contribution in [0.1, 0.15) is 17.3 Å². The summed E-state index contributed by atoms with van der Waals surface area (Å²) in [6.07, 6.45) is 0. The van der Waals surface area contributed by atoms with Crippen molar-refractivity contribution in [1.82, 2.24) is 4.90 Å². The highest BCUT2D eigenvalue weighted by Crippen LogP contribution is 2.29. The standard InChI is InChI=1S/C26H29N3O4S/c1-3-33-25-12-8-7-11-24(25)28-17-19-29(20-18-28)26(30)21-13-15-23(16-14-21)34(31,32)27(2)22-9-5-4-6-10-22/h4-16H,3,17-20H2,1-2H3. The molecule has 0 bridgehead atoms. The van der Waals surface area contributed by atoms with E-state index in [0.717, 1.165) is 11.4 Å². The van der Waals surface area contributed by atoms with Crippen LogP contribution >= 0.6 is 0 Å². The van der Waals surface area contributed by atoms with Crippen LogP contribution < -0.4 is 13.9 Å². The quantitative estimate of drug-likeness (QED) is 0.515. The van der Waals surface area contributed by atoms with Gasteiger partial charge in [-0.05, 0) is 55.5 Å². The maximum Gasteiger partial charge on any atom is 0.264 e. The molecule has 1 aliphatic rings. The number of nitrogens with zero attached hydrogens (tertiary/aromatic N) is 3. The van der Waals surface area contributed by atoms with Gasteiger partial charge < -0.3 is 14.5 Å². The number of ether oxygens (including phenoxy) is 1. The first-order valence-corrected chi connectivity index (χ1v) is 12.8. The molecule has 1 saturated heterocycles. The molecule has 7 nitrogen and oxygen atoms in total. The second-order valence-electron chi connectivity index (χ2n) is 8.01. The molecule has 0 radical (unpaired) electrons. The third-order valence-corrected chi connectivity index (χ3v) is 7.75. The highest BCUT2D eigenvalue weighted by Gasteiger charge is 2.25. The van der Waals surface area contributed by atoms with Crippen LogP contribution in [0, 0.1) is 0 Å². The zero-order chi connectivity index (χ0) is 24.1. The first-order valence-electron chi connectivity index (χ1n) is 11.3. The van der Waals surface area contributed by atoms with Crippen LogP contribution in [0.25, 0.3) is 0 Å².